The Balaban J connectivity index is 1.82. The van der Waals surface area contributed by atoms with E-state index in [0.29, 0.717) is 12.1 Å². The molecule has 2 fully saturated rings. The fourth-order valence-corrected chi connectivity index (χ4v) is 1.74. The standard InChI is InChI=1S/C8H15NO2/c1-2-8(11-4-1)7-6-10-5-3-9-7/h7-9H,1-6H2. The quantitative estimate of drug-likeness (QED) is 0.588. The predicted octanol–water partition coefficient (Wildman–Crippen LogP) is 0.154. The normalized spacial score (nSPS) is 39.3. The average molecular weight is 157 g/mol. The van der Waals surface area contributed by atoms with Crippen LogP contribution >= 0.6 is 0 Å². The van der Waals surface area contributed by atoms with Gasteiger partial charge < -0.3 is 14.8 Å². The molecule has 11 heavy (non-hydrogen) atoms. The van der Waals surface area contributed by atoms with E-state index in [-0.39, 0.29) is 0 Å². The fraction of sp³-hybridized carbons (Fsp3) is 1.00. The summed E-state index contributed by atoms with van der Waals surface area (Å²) in [7, 11) is 0. The summed E-state index contributed by atoms with van der Waals surface area (Å²) >= 11 is 0. The van der Waals surface area contributed by atoms with E-state index in [1.54, 1.807) is 0 Å². The van der Waals surface area contributed by atoms with Crippen molar-refractivity contribution in [3.05, 3.63) is 0 Å². The summed E-state index contributed by atoms with van der Waals surface area (Å²) in [6.45, 7) is 3.58. The summed E-state index contributed by atoms with van der Waals surface area (Å²) in [6.07, 6.45) is 2.82. The Hall–Kier alpha value is -0.120. The van der Waals surface area contributed by atoms with Crippen LogP contribution < -0.4 is 5.32 Å². The van der Waals surface area contributed by atoms with Crippen LogP contribution in [0.2, 0.25) is 0 Å². The number of morpholine rings is 1. The Kier molecular flexibility index (Phi) is 2.41. The molecule has 0 aliphatic carbocycles. The van der Waals surface area contributed by atoms with Crippen LogP contribution in [0.4, 0.5) is 0 Å². The molecular weight excluding hydrogens is 142 g/mol. The molecular formula is C8H15NO2. The second-order valence-electron chi connectivity index (χ2n) is 3.19. The van der Waals surface area contributed by atoms with Gasteiger partial charge >= 0.3 is 0 Å². The first kappa shape index (κ1) is 7.53. The minimum atomic E-state index is 0.412. The number of hydrogen-bond donors (Lipinski definition) is 1. The van der Waals surface area contributed by atoms with E-state index in [0.717, 1.165) is 26.4 Å². The first-order valence-electron chi connectivity index (χ1n) is 4.39. The lowest BCUT2D eigenvalue weighted by Gasteiger charge is -2.27. The highest BCUT2D eigenvalue weighted by Crippen LogP contribution is 2.16. The van der Waals surface area contributed by atoms with Crippen LogP contribution in [0.25, 0.3) is 0 Å². The van der Waals surface area contributed by atoms with Gasteiger partial charge in [0.25, 0.3) is 0 Å². The van der Waals surface area contributed by atoms with Gasteiger partial charge in [0.15, 0.2) is 0 Å². The van der Waals surface area contributed by atoms with Crippen LogP contribution in [0.3, 0.4) is 0 Å². The summed E-state index contributed by atoms with van der Waals surface area (Å²) in [5.74, 6) is 0. The third-order valence-electron chi connectivity index (χ3n) is 2.36. The molecule has 0 amide bonds. The Morgan fingerprint density at radius 2 is 2.27 bits per heavy atom. The topological polar surface area (TPSA) is 30.5 Å². The first-order chi connectivity index (χ1) is 5.47. The van der Waals surface area contributed by atoms with Gasteiger partial charge in [0, 0.05) is 13.2 Å². The van der Waals surface area contributed by atoms with Crippen molar-refractivity contribution < 1.29 is 9.47 Å². The van der Waals surface area contributed by atoms with E-state index in [1.807, 2.05) is 0 Å². The highest BCUT2D eigenvalue weighted by atomic mass is 16.5. The van der Waals surface area contributed by atoms with Crippen molar-refractivity contribution in [2.75, 3.05) is 26.4 Å². The van der Waals surface area contributed by atoms with Gasteiger partial charge in [-0.1, -0.05) is 0 Å². The van der Waals surface area contributed by atoms with Crippen LogP contribution in [-0.2, 0) is 9.47 Å². The molecule has 0 aromatic heterocycles. The lowest BCUT2D eigenvalue weighted by atomic mass is 10.1. The lowest BCUT2D eigenvalue weighted by Crippen LogP contribution is -2.48. The Morgan fingerprint density at radius 3 is 2.91 bits per heavy atom. The number of rotatable bonds is 1. The summed E-state index contributed by atoms with van der Waals surface area (Å²) in [5, 5.41) is 3.41. The van der Waals surface area contributed by atoms with Gasteiger partial charge in [-0.2, -0.15) is 0 Å². The van der Waals surface area contributed by atoms with Crippen LogP contribution in [0.15, 0.2) is 0 Å². The highest BCUT2D eigenvalue weighted by Gasteiger charge is 2.27. The zero-order chi connectivity index (χ0) is 7.52. The van der Waals surface area contributed by atoms with Gasteiger partial charge in [-0.15, -0.1) is 0 Å². The van der Waals surface area contributed by atoms with Crippen LogP contribution in [0.5, 0.6) is 0 Å². The smallest absolute Gasteiger partial charge is 0.0751 e. The van der Waals surface area contributed by atoms with Crippen molar-refractivity contribution in [2.24, 2.45) is 0 Å². The van der Waals surface area contributed by atoms with E-state index in [1.165, 1.54) is 12.8 Å². The number of ether oxygens (including phenoxy) is 2. The molecule has 0 spiro atoms. The zero-order valence-corrected chi connectivity index (χ0v) is 6.71. The largest absolute Gasteiger partial charge is 0.378 e. The number of hydrogen-bond acceptors (Lipinski definition) is 3. The Labute approximate surface area is 67.1 Å². The molecule has 2 aliphatic rings. The van der Waals surface area contributed by atoms with Crippen molar-refractivity contribution in [3.8, 4) is 0 Å². The molecule has 1 N–H and O–H groups in total. The molecule has 2 atom stereocenters. The Morgan fingerprint density at radius 1 is 1.27 bits per heavy atom. The molecule has 2 rings (SSSR count). The molecule has 2 unspecified atom stereocenters. The van der Waals surface area contributed by atoms with E-state index in [2.05, 4.69) is 5.32 Å². The monoisotopic (exact) mass is 157 g/mol. The van der Waals surface area contributed by atoms with E-state index >= 15 is 0 Å². The maximum atomic E-state index is 5.55. The molecule has 2 aliphatic heterocycles. The molecule has 3 heteroatoms. The van der Waals surface area contributed by atoms with E-state index in [4.69, 9.17) is 9.47 Å². The SMILES string of the molecule is C1COC(C2COCCN2)C1. The molecule has 2 heterocycles. The molecule has 0 aromatic rings. The zero-order valence-electron chi connectivity index (χ0n) is 6.71. The highest BCUT2D eigenvalue weighted by molar-refractivity contribution is 4.81. The second-order valence-corrected chi connectivity index (χ2v) is 3.19. The molecule has 2 saturated heterocycles. The third kappa shape index (κ3) is 1.72. The summed E-state index contributed by atoms with van der Waals surface area (Å²) in [5.41, 5.74) is 0. The minimum absolute atomic E-state index is 0.412. The van der Waals surface area contributed by atoms with Gasteiger partial charge in [0.1, 0.15) is 0 Å². The summed E-state index contributed by atoms with van der Waals surface area (Å²) in [6, 6.07) is 0.450. The van der Waals surface area contributed by atoms with E-state index < -0.39 is 0 Å². The van der Waals surface area contributed by atoms with Gasteiger partial charge in [0.05, 0.1) is 25.4 Å². The van der Waals surface area contributed by atoms with Crippen molar-refractivity contribution in [1.29, 1.82) is 0 Å². The van der Waals surface area contributed by atoms with Crippen molar-refractivity contribution in [2.45, 2.75) is 25.0 Å². The Bertz CT molecular complexity index is 117. The van der Waals surface area contributed by atoms with Crippen LogP contribution in [-0.4, -0.2) is 38.5 Å². The maximum absolute atomic E-state index is 5.55. The maximum Gasteiger partial charge on any atom is 0.0751 e. The molecule has 3 nitrogen and oxygen atoms in total. The molecule has 0 saturated carbocycles. The minimum Gasteiger partial charge on any atom is -0.378 e. The van der Waals surface area contributed by atoms with Crippen LogP contribution in [0.1, 0.15) is 12.8 Å². The molecule has 0 bridgehead atoms. The second kappa shape index (κ2) is 3.52. The fourth-order valence-electron chi connectivity index (χ4n) is 1.74. The summed E-state index contributed by atoms with van der Waals surface area (Å²) < 4.78 is 10.9. The third-order valence-corrected chi connectivity index (χ3v) is 2.36. The first-order valence-corrected chi connectivity index (χ1v) is 4.39. The van der Waals surface area contributed by atoms with E-state index in [9.17, 15) is 0 Å². The van der Waals surface area contributed by atoms with Crippen molar-refractivity contribution in [3.63, 3.8) is 0 Å². The van der Waals surface area contributed by atoms with Gasteiger partial charge in [-0.3, -0.25) is 0 Å². The van der Waals surface area contributed by atoms with Crippen molar-refractivity contribution >= 4 is 0 Å². The number of nitrogens with one attached hydrogen (secondary N) is 1. The van der Waals surface area contributed by atoms with Gasteiger partial charge in [-0.25, -0.2) is 0 Å². The molecule has 0 aromatic carbocycles. The lowest BCUT2D eigenvalue weighted by molar-refractivity contribution is 0.00465. The van der Waals surface area contributed by atoms with Crippen molar-refractivity contribution in [1.82, 2.24) is 5.32 Å². The van der Waals surface area contributed by atoms with Gasteiger partial charge in [-0.05, 0) is 12.8 Å². The van der Waals surface area contributed by atoms with Crippen LogP contribution in [0, 0.1) is 0 Å². The molecule has 0 radical (unpaired) electrons. The predicted molar refractivity (Wildman–Crippen MR) is 41.6 cm³/mol. The average Bonchev–Trinajstić information content (AvgIpc) is 2.58. The molecule has 64 valence electrons. The summed E-state index contributed by atoms with van der Waals surface area (Å²) in [4.78, 5) is 0. The van der Waals surface area contributed by atoms with Gasteiger partial charge in [0.2, 0.25) is 0 Å².